The number of carbonyl (C=O) groups is 2. The van der Waals surface area contributed by atoms with Crippen molar-refractivity contribution >= 4 is 67.3 Å². The summed E-state index contributed by atoms with van der Waals surface area (Å²) in [7, 11) is -2.18. The molecule has 0 aliphatic carbocycles. The van der Waals surface area contributed by atoms with Crippen molar-refractivity contribution in [2.24, 2.45) is 10.1 Å². The standard InChI is InChI=1S/C18H13ClN4O4S2/c1-23-13-7-2-9(19)8-12(13)14(17(23)25)15-16(24)22-18(28-15)21-10-3-5-11(6-4-10)29(20,26)27/h2-8H,1H3,(H2,20,26,27)(H,21,22,24)/b15-14-. The molecular weight excluding hydrogens is 436 g/mol. The molecule has 0 spiro atoms. The first-order valence-corrected chi connectivity index (χ1v) is 10.9. The van der Waals surface area contributed by atoms with Gasteiger partial charge < -0.3 is 10.2 Å². The number of amides is 2. The van der Waals surface area contributed by atoms with E-state index < -0.39 is 15.9 Å². The lowest BCUT2D eigenvalue weighted by atomic mass is 10.1. The Labute approximate surface area is 175 Å². The Morgan fingerprint density at radius 1 is 1.14 bits per heavy atom. The van der Waals surface area contributed by atoms with Gasteiger partial charge in [0.1, 0.15) is 0 Å². The van der Waals surface area contributed by atoms with E-state index in [4.69, 9.17) is 16.7 Å². The van der Waals surface area contributed by atoms with Crippen LogP contribution in [0.1, 0.15) is 5.56 Å². The number of benzene rings is 2. The molecule has 0 aromatic heterocycles. The number of halogens is 1. The van der Waals surface area contributed by atoms with Crippen molar-refractivity contribution in [2.75, 3.05) is 11.9 Å². The summed E-state index contributed by atoms with van der Waals surface area (Å²) in [4.78, 5) is 31.2. The third-order valence-electron chi connectivity index (χ3n) is 4.36. The van der Waals surface area contributed by atoms with E-state index in [1.807, 2.05) is 0 Å². The van der Waals surface area contributed by atoms with Crippen molar-refractivity contribution in [1.29, 1.82) is 0 Å². The molecule has 2 aromatic carbocycles. The van der Waals surface area contributed by atoms with Crippen molar-refractivity contribution in [3.63, 3.8) is 0 Å². The van der Waals surface area contributed by atoms with E-state index in [1.54, 1.807) is 25.2 Å². The van der Waals surface area contributed by atoms with Crippen LogP contribution >= 0.6 is 23.4 Å². The minimum atomic E-state index is -3.80. The number of rotatable bonds is 2. The van der Waals surface area contributed by atoms with Gasteiger partial charge in [-0.15, -0.1) is 0 Å². The predicted molar refractivity (Wildman–Crippen MR) is 112 cm³/mol. The Morgan fingerprint density at radius 3 is 2.48 bits per heavy atom. The summed E-state index contributed by atoms with van der Waals surface area (Å²) in [6, 6.07) is 10.6. The molecule has 2 heterocycles. The summed E-state index contributed by atoms with van der Waals surface area (Å²) in [5, 5.41) is 8.42. The highest BCUT2D eigenvalue weighted by Crippen LogP contribution is 2.43. The van der Waals surface area contributed by atoms with Gasteiger partial charge in [0.2, 0.25) is 10.0 Å². The van der Waals surface area contributed by atoms with Gasteiger partial charge >= 0.3 is 0 Å². The molecule has 148 valence electrons. The number of hydrogen-bond donors (Lipinski definition) is 2. The first-order valence-electron chi connectivity index (χ1n) is 8.18. The number of primary sulfonamides is 1. The number of fused-ring (bicyclic) bond motifs is 1. The normalized spacial score (nSPS) is 20.4. The van der Waals surface area contributed by atoms with Gasteiger partial charge in [-0.25, -0.2) is 18.5 Å². The topological polar surface area (TPSA) is 122 Å². The predicted octanol–water partition coefficient (Wildman–Crippen LogP) is 2.23. The Bertz CT molecular complexity index is 1240. The van der Waals surface area contributed by atoms with E-state index >= 15 is 0 Å². The first-order chi connectivity index (χ1) is 13.6. The van der Waals surface area contributed by atoms with Crippen molar-refractivity contribution in [1.82, 2.24) is 5.32 Å². The molecule has 2 aliphatic rings. The number of thioether (sulfide) groups is 1. The largest absolute Gasteiger partial charge is 0.311 e. The molecule has 11 heteroatoms. The number of hydrogen-bond acceptors (Lipinski definition) is 6. The molecule has 0 bridgehead atoms. The lowest BCUT2D eigenvalue weighted by Crippen LogP contribution is -2.23. The number of carbonyl (C=O) groups excluding carboxylic acids is 2. The second kappa shape index (κ2) is 6.99. The van der Waals surface area contributed by atoms with Gasteiger partial charge in [-0.3, -0.25) is 9.59 Å². The van der Waals surface area contributed by atoms with Gasteiger partial charge in [0.05, 0.1) is 26.7 Å². The maximum absolute atomic E-state index is 12.7. The zero-order chi connectivity index (χ0) is 20.9. The number of anilines is 1. The van der Waals surface area contributed by atoms with Crippen LogP contribution < -0.4 is 15.4 Å². The fraction of sp³-hybridized carbons (Fsp3) is 0.0556. The monoisotopic (exact) mass is 448 g/mol. The van der Waals surface area contributed by atoms with Crippen molar-refractivity contribution < 1.29 is 18.0 Å². The first kappa shape index (κ1) is 19.6. The Balaban J connectivity index is 1.71. The molecule has 0 radical (unpaired) electrons. The maximum Gasteiger partial charge on any atom is 0.264 e. The van der Waals surface area contributed by atoms with Crippen LogP contribution in [0.25, 0.3) is 5.57 Å². The van der Waals surface area contributed by atoms with Crippen molar-refractivity contribution in [3.8, 4) is 0 Å². The van der Waals surface area contributed by atoms with Gasteiger partial charge in [0.25, 0.3) is 11.8 Å². The molecule has 2 aromatic rings. The average molecular weight is 449 g/mol. The molecule has 1 fully saturated rings. The lowest BCUT2D eigenvalue weighted by molar-refractivity contribution is -0.116. The third-order valence-corrected chi connectivity index (χ3v) is 6.50. The Hall–Kier alpha value is -2.66. The van der Waals surface area contributed by atoms with Crippen LogP contribution in [0, 0.1) is 0 Å². The average Bonchev–Trinajstić information content (AvgIpc) is 3.11. The summed E-state index contributed by atoms with van der Waals surface area (Å²) in [5.41, 5.74) is 1.94. The molecule has 0 saturated carbocycles. The molecule has 1 saturated heterocycles. The van der Waals surface area contributed by atoms with Crippen LogP contribution in [-0.2, 0) is 19.6 Å². The van der Waals surface area contributed by atoms with Crippen molar-refractivity contribution in [2.45, 2.75) is 4.90 Å². The van der Waals surface area contributed by atoms with Crippen LogP contribution in [0.4, 0.5) is 11.4 Å². The van der Waals surface area contributed by atoms with Crippen LogP contribution in [0.15, 0.2) is 57.3 Å². The number of nitrogens with two attached hydrogens (primary N) is 1. The lowest BCUT2D eigenvalue weighted by Gasteiger charge is -2.08. The smallest absolute Gasteiger partial charge is 0.264 e. The highest BCUT2D eigenvalue weighted by atomic mass is 35.5. The number of nitrogens with one attached hydrogen (secondary N) is 1. The summed E-state index contributed by atoms with van der Waals surface area (Å²) in [6.45, 7) is 0. The van der Waals surface area contributed by atoms with Crippen LogP contribution in [0.2, 0.25) is 5.02 Å². The van der Waals surface area contributed by atoms with E-state index in [2.05, 4.69) is 10.3 Å². The second-order valence-electron chi connectivity index (χ2n) is 6.24. The summed E-state index contributed by atoms with van der Waals surface area (Å²) in [6.07, 6.45) is 0. The van der Waals surface area contributed by atoms with E-state index in [0.717, 1.165) is 11.8 Å². The minimum absolute atomic E-state index is 0.0413. The van der Waals surface area contributed by atoms with Crippen LogP contribution in [0.3, 0.4) is 0 Å². The van der Waals surface area contributed by atoms with Crippen LogP contribution in [0.5, 0.6) is 0 Å². The third kappa shape index (κ3) is 3.55. The van der Waals surface area contributed by atoms with Crippen molar-refractivity contribution in [3.05, 3.63) is 58.0 Å². The molecule has 2 aliphatic heterocycles. The molecule has 4 rings (SSSR count). The van der Waals surface area contributed by atoms with E-state index in [1.165, 1.54) is 29.2 Å². The quantitative estimate of drug-likeness (QED) is 0.682. The molecule has 8 nitrogen and oxygen atoms in total. The van der Waals surface area contributed by atoms with Gasteiger partial charge in [0.15, 0.2) is 5.17 Å². The molecule has 0 unspecified atom stereocenters. The Morgan fingerprint density at radius 2 is 1.83 bits per heavy atom. The molecule has 29 heavy (non-hydrogen) atoms. The number of sulfonamides is 1. The molecule has 0 atom stereocenters. The molecule has 3 N–H and O–H groups in total. The minimum Gasteiger partial charge on any atom is -0.311 e. The summed E-state index contributed by atoms with van der Waals surface area (Å²) in [5.74, 6) is -0.752. The molecule has 2 amide bonds. The van der Waals surface area contributed by atoms with E-state index in [0.29, 0.717) is 22.0 Å². The van der Waals surface area contributed by atoms with Gasteiger partial charge in [-0.1, -0.05) is 11.6 Å². The van der Waals surface area contributed by atoms with Crippen LogP contribution in [-0.4, -0.2) is 32.4 Å². The zero-order valence-corrected chi connectivity index (χ0v) is 17.2. The number of amidine groups is 1. The van der Waals surface area contributed by atoms with Gasteiger partial charge in [0, 0.05) is 17.6 Å². The van der Waals surface area contributed by atoms with E-state index in [-0.39, 0.29) is 26.4 Å². The zero-order valence-electron chi connectivity index (χ0n) is 14.8. The number of likely N-dealkylation sites (N-methyl/N-ethyl adjacent to an activating group) is 1. The summed E-state index contributed by atoms with van der Waals surface area (Å²) >= 11 is 7.10. The fourth-order valence-corrected chi connectivity index (χ4v) is 4.60. The number of aliphatic imine (C=N–C) groups is 1. The fourth-order valence-electron chi connectivity index (χ4n) is 2.98. The number of nitrogens with zero attached hydrogens (tertiary/aromatic N) is 2. The van der Waals surface area contributed by atoms with Gasteiger partial charge in [-0.05, 0) is 54.2 Å². The molecular formula is C18H13ClN4O4S2. The summed E-state index contributed by atoms with van der Waals surface area (Å²) < 4.78 is 22.7. The Kier molecular flexibility index (Phi) is 4.74. The SMILES string of the molecule is CN1C(=O)/C(=C2\SC(=Nc3ccc(S(N)(=O)=O)cc3)NC2=O)c2cc(Cl)ccc21. The van der Waals surface area contributed by atoms with Gasteiger partial charge in [-0.2, -0.15) is 0 Å². The van der Waals surface area contributed by atoms with E-state index in [9.17, 15) is 18.0 Å². The second-order valence-corrected chi connectivity index (χ2v) is 9.24. The highest BCUT2D eigenvalue weighted by molar-refractivity contribution is 8.18. The maximum atomic E-state index is 12.7. The highest BCUT2D eigenvalue weighted by Gasteiger charge is 2.38.